The number of hydrogen-bond donors (Lipinski definition) is 2. The number of benzene rings is 1. The third-order valence-electron chi connectivity index (χ3n) is 4.25. The molecule has 3 aromatic heterocycles. The molecule has 1 aromatic carbocycles. The van der Waals surface area contributed by atoms with Crippen LogP contribution < -0.4 is 20.5 Å². The number of hydrogen-bond acceptors (Lipinski definition) is 8. The van der Waals surface area contributed by atoms with Crippen LogP contribution in [0.25, 0.3) is 17.4 Å². The van der Waals surface area contributed by atoms with Crippen molar-refractivity contribution in [1.29, 1.82) is 0 Å². The van der Waals surface area contributed by atoms with Gasteiger partial charge < -0.3 is 24.9 Å². The first-order chi connectivity index (χ1) is 13.7. The molecule has 0 aliphatic rings. The molecule has 3 heterocycles. The van der Waals surface area contributed by atoms with Gasteiger partial charge in [-0.05, 0) is 36.2 Å². The molecule has 0 aliphatic heterocycles. The van der Waals surface area contributed by atoms with Crippen LogP contribution in [0.3, 0.4) is 0 Å². The lowest BCUT2D eigenvalue weighted by Crippen LogP contribution is -2.09. The molecule has 0 aliphatic carbocycles. The van der Waals surface area contributed by atoms with Crippen LogP contribution in [0.2, 0.25) is 0 Å². The summed E-state index contributed by atoms with van der Waals surface area (Å²) in [5, 5.41) is 7.60. The smallest absolute Gasteiger partial charge is 0.256 e. The Morgan fingerprint density at radius 3 is 2.71 bits per heavy atom. The van der Waals surface area contributed by atoms with E-state index in [-0.39, 0.29) is 0 Å². The van der Waals surface area contributed by atoms with E-state index in [0.717, 1.165) is 12.0 Å². The lowest BCUT2D eigenvalue weighted by Gasteiger charge is -2.10. The molecule has 0 saturated heterocycles. The number of ether oxygens (including phenoxy) is 2. The lowest BCUT2D eigenvalue weighted by atomic mass is 10.1. The van der Waals surface area contributed by atoms with E-state index in [4.69, 9.17) is 19.6 Å². The highest BCUT2D eigenvalue weighted by Crippen LogP contribution is 2.27. The lowest BCUT2D eigenvalue weighted by molar-refractivity contribution is 0.354. The molecule has 0 unspecified atom stereocenters. The molecule has 0 bridgehead atoms. The van der Waals surface area contributed by atoms with Crippen LogP contribution in [0.1, 0.15) is 5.56 Å². The largest absolute Gasteiger partial charge is 0.493 e. The van der Waals surface area contributed by atoms with E-state index < -0.39 is 0 Å². The van der Waals surface area contributed by atoms with Crippen molar-refractivity contribution in [2.75, 3.05) is 31.8 Å². The van der Waals surface area contributed by atoms with Gasteiger partial charge in [0.2, 0.25) is 5.82 Å². The molecule has 9 heteroatoms. The molecule has 0 atom stereocenters. The monoisotopic (exact) mass is 380 g/mol. The van der Waals surface area contributed by atoms with Crippen LogP contribution in [0, 0.1) is 0 Å². The van der Waals surface area contributed by atoms with Gasteiger partial charge in [-0.15, -0.1) is 5.10 Å². The normalized spacial score (nSPS) is 10.9. The molecular formula is C19H20N6O3. The van der Waals surface area contributed by atoms with Gasteiger partial charge in [0.25, 0.3) is 5.78 Å². The summed E-state index contributed by atoms with van der Waals surface area (Å²) < 4.78 is 17.4. The molecule has 3 N–H and O–H groups in total. The first-order valence-corrected chi connectivity index (χ1v) is 8.70. The van der Waals surface area contributed by atoms with E-state index in [0.29, 0.717) is 47.0 Å². The van der Waals surface area contributed by atoms with Crippen molar-refractivity contribution in [2.45, 2.75) is 6.42 Å². The Hall–Kier alpha value is -3.75. The number of aromatic nitrogens is 4. The van der Waals surface area contributed by atoms with Crippen LogP contribution >= 0.6 is 0 Å². The van der Waals surface area contributed by atoms with Crippen LogP contribution in [-0.4, -0.2) is 40.3 Å². The van der Waals surface area contributed by atoms with Crippen molar-refractivity contribution < 1.29 is 13.9 Å². The van der Waals surface area contributed by atoms with E-state index in [2.05, 4.69) is 20.4 Å². The van der Waals surface area contributed by atoms with Crippen molar-refractivity contribution in [3.8, 4) is 23.1 Å². The zero-order valence-corrected chi connectivity index (χ0v) is 15.5. The van der Waals surface area contributed by atoms with Gasteiger partial charge in [0, 0.05) is 12.6 Å². The second-order valence-corrected chi connectivity index (χ2v) is 6.06. The number of furan rings is 1. The van der Waals surface area contributed by atoms with Gasteiger partial charge in [0.05, 0.1) is 20.5 Å². The molecular weight excluding hydrogens is 360 g/mol. The second kappa shape index (κ2) is 7.47. The summed E-state index contributed by atoms with van der Waals surface area (Å²) in [6.45, 7) is 0.664. The fourth-order valence-electron chi connectivity index (χ4n) is 2.86. The molecule has 9 nitrogen and oxygen atoms in total. The Balaban J connectivity index is 1.48. The van der Waals surface area contributed by atoms with Gasteiger partial charge in [0.15, 0.2) is 17.3 Å². The van der Waals surface area contributed by atoms with Crippen LogP contribution in [0.15, 0.2) is 47.1 Å². The summed E-state index contributed by atoms with van der Waals surface area (Å²) in [6.07, 6.45) is 2.34. The summed E-state index contributed by atoms with van der Waals surface area (Å²) in [7, 11) is 3.24. The highest BCUT2D eigenvalue weighted by Gasteiger charge is 2.13. The third-order valence-corrected chi connectivity index (χ3v) is 4.25. The fraction of sp³-hybridized carbons (Fsp3) is 0.211. The summed E-state index contributed by atoms with van der Waals surface area (Å²) in [5.41, 5.74) is 7.21. The predicted molar refractivity (Wildman–Crippen MR) is 105 cm³/mol. The van der Waals surface area contributed by atoms with Gasteiger partial charge in [-0.1, -0.05) is 6.07 Å². The molecule has 0 fully saturated rings. The molecule has 0 saturated carbocycles. The zero-order valence-electron chi connectivity index (χ0n) is 15.5. The number of rotatable bonds is 7. The van der Waals surface area contributed by atoms with E-state index in [1.54, 1.807) is 38.7 Å². The van der Waals surface area contributed by atoms with Crippen molar-refractivity contribution in [1.82, 2.24) is 19.6 Å². The molecule has 0 amide bonds. The maximum Gasteiger partial charge on any atom is 0.256 e. The van der Waals surface area contributed by atoms with Crippen LogP contribution in [0.4, 0.5) is 11.6 Å². The fourth-order valence-corrected chi connectivity index (χ4v) is 2.86. The van der Waals surface area contributed by atoms with Gasteiger partial charge in [-0.3, -0.25) is 0 Å². The third kappa shape index (κ3) is 3.41. The number of fused-ring (bicyclic) bond motifs is 1. The van der Waals surface area contributed by atoms with Crippen LogP contribution in [0.5, 0.6) is 11.5 Å². The summed E-state index contributed by atoms with van der Waals surface area (Å²) >= 11 is 0. The van der Waals surface area contributed by atoms with Crippen molar-refractivity contribution in [3.63, 3.8) is 0 Å². The minimum absolute atomic E-state index is 0.403. The molecule has 144 valence electrons. The van der Waals surface area contributed by atoms with Crippen LogP contribution in [-0.2, 0) is 6.42 Å². The number of anilines is 2. The number of nitrogens with zero attached hydrogens (tertiary/aromatic N) is 4. The highest BCUT2D eigenvalue weighted by molar-refractivity contribution is 5.56. The van der Waals surface area contributed by atoms with Gasteiger partial charge in [-0.25, -0.2) is 0 Å². The summed E-state index contributed by atoms with van der Waals surface area (Å²) in [4.78, 5) is 8.85. The second-order valence-electron chi connectivity index (χ2n) is 6.06. The van der Waals surface area contributed by atoms with E-state index in [1.807, 2.05) is 18.2 Å². The van der Waals surface area contributed by atoms with Gasteiger partial charge in [0.1, 0.15) is 11.6 Å². The number of methoxy groups -OCH3 is 2. The van der Waals surface area contributed by atoms with Crippen molar-refractivity contribution in [2.24, 2.45) is 0 Å². The average Bonchev–Trinajstić information content (AvgIpc) is 3.37. The zero-order chi connectivity index (χ0) is 19.5. The van der Waals surface area contributed by atoms with Crippen molar-refractivity contribution >= 4 is 17.4 Å². The number of nitrogen functional groups attached to an aromatic ring is 1. The Morgan fingerprint density at radius 1 is 1.11 bits per heavy atom. The minimum Gasteiger partial charge on any atom is -0.493 e. The first-order valence-electron chi connectivity index (χ1n) is 8.70. The Bertz CT molecular complexity index is 1090. The Kier molecular flexibility index (Phi) is 4.71. The standard InChI is InChI=1S/C19H20N6O3/c1-26-13-6-5-12(10-15(13)27-2)7-8-21-17-11-16(20)25-19(22-17)23-18(24-25)14-4-3-9-28-14/h3-6,9-11H,7-8,20H2,1-2H3,(H,21,22,23,24). The predicted octanol–water partition coefficient (Wildman–Crippen LogP) is 2.64. The molecule has 28 heavy (non-hydrogen) atoms. The topological polar surface area (TPSA) is 113 Å². The van der Waals surface area contributed by atoms with E-state index in [9.17, 15) is 0 Å². The SMILES string of the molecule is COc1ccc(CCNc2cc(N)n3nc(-c4ccco4)nc3n2)cc1OC. The maximum absolute atomic E-state index is 6.10. The first kappa shape index (κ1) is 17.7. The van der Waals surface area contributed by atoms with Gasteiger partial charge >= 0.3 is 0 Å². The molecule has 4 aromatic rings. The Labute approximate surface area is 161 Å². The van der Waals surface area contributed by atoms with Crippen molar-refractivity contribution in [3.05, 3.63) is 48.2 Å². The Morgan fingerprint density at radius 2 is 1.96 bits per heavy atom. The molecule has 0 radical (unpaired) electrons. The molecule has 0 spiro atoms. The quantitative estimate of drug-likeness (QED) is 0.503. The highest BCUT2D eigenvalue weighted by atomic mass is 16.5. The summed E-state index contributed by atoms with van der Waals surface area (Å²) in [5.74, 6) is 3.88. The molecule has 4 rings (SSSR count). The number of nitrogens with one attached hydrogen (secondary N) is 1. The van der Waals surface area contributed by atoms with E-state index >= 15 is 0 Å². The summed E-state index contributed by atoms with van der Waals surface area (Å²) in [6, 6.07) is 11.1. The van der Waals surface area contributed by atoms with E-state index in [1.165, 1.54) is 4.52 Å². The minimum atomic E-state index is 0.403. The number of nitrogens with two attached hydrogens (primary N) is 1. The average molecular weight is 380 g/mol. The maximum atomic E-state index is 6.10. The van der Waals surface area contributed by atoms with Gasteiger partial charge in [-0.2, -0.15) is 14.5 Å².